The number of allylic oxidation sites excluding steroid dienone is 16. The van der Waals surface area contributed by atoms with Gasteiger partial charge in [-0.3, -0.25) is 14.4 Å². The first kappa shape index (κ1) is 63.3. The van der Waals surface area contributed by atoms with E-state index in [4.69, 9.17) is 14.2 Å². The first-order chi connectivity index (χ1) is 33.0. The Morgan fingerprint density at radius 1 is 0.328 bits per heavy atom. The van der Waals surface area contributed by atoms with Crippen LogP contribution < -0.4 is 0 Å². The van der Waals surface area contributed by atoms with Gasteiger partial charge in [-0.1, -0.05) is 259 Å². The highest BCUT2D eigenvalue weighted by atomic mass is 16.6. The Morgan fingerprint density at radius 3 is 1.10 bits per heavy atom. The average molecular weight is 931 g/mol. The van der Waals surface area contributed by atoms with E-state index in [0.717, 1.165) is 103 Å². The van der Waals surface area contributed by atoms with Crippen molar-refractivity contribution in [3.05, 3.63) is 97.2 Å². The molecular weight excluding hydrogens is 829 g/mol. The summed E-state index contributed by atoms with van der Waals surface area (Å²) in [5, 5.41) is 0. The van der Waals surface area contributed by atoms with Gasteiger partial charge in [-0.15, -0.1) is 0 Å². The van der Waals surface area contributed by atoms with Crippen LogP contribution in [0, 0.1) is 0 Å². The van der Waals surface area contributed by atoms with Gasteiger partial charge in [0.25, 0.3) is 0 Å². The lowest BCUT2D eigenvalue weighted by molar-refractivity contribution is -0.167. The van der Waals surface area contributed by atoms with Crippen molar-refractivity contribution in [1.29, 1.82) is 0 Å². The van der Waals surface area contributed by atoms with Gasteiger partial charge in [0.15, 0.2) is 6.10 Å². The first-order valence-electron chi connectivity index (χ1n) is 27.8. The number of hydrogen-bond donors (Lipinski definition) is 0. The van der Waals surface area contributed by atoms with E-state index in [0.29, 0.717) is 19.3 Å². The summed E-state index contributed by atoms with van der Waals surface area (Å²) >= 11 is 0. The average Bonchev–Trinajstić information content (AvgIpc) is 3.33. The van der Waals surface area contributed by atoms with Crippen molar-refractivity contribution in [3.8, 4) is 0 Å². The Kier molecular flexibility index (Phi) is 51.9. The number of rotatable bonds is 49. The van der Waals surface area contributed by atoms with Gasteiger partial charge >= 0.3 is 17.9 Å². The zero-order chi connectivity index (χ0) is 48.6. The maximum absolute atomic E-state index is 12.8. The summed E-state index contributed by atoms with van der Waals surface area (Å²) in [4.78, 5) is 38.1. The van der Waals surface area contributed by atoms with E-state index >= 15 is 0 Å². The van der Waals surface area contributed by atoms with Crippen molar-refractivity contribution >= 4 is 17.9 Å². The Bertz CT molecular complexity index is 1350. The Hall–Kier alpha value is -3.67. The smallest absolute Gasteiger partial charge is 0.306 e. The number of hydrogen-bond acceptors (Lipinski definition) is 6. The van der Waals surface area contributed by atoms with Crippen LogP contribution in [-0.2, 0) is 28.6 Å². The molecule has 0 bridgehead atoms. The predicted molar refractivity (Wildman–Crippen MR) is 288 cm³/mol. The van der Waals surface area contributed by atoms with Gasteiger partial charge in [0.2, 0.25) is 0 Å². The standard InChI is InChI=1S/C61H102O6/c1-4-7-10-13-16-19-22-25-27-29-31-33-34-36-39-42-45-48-51-54-60(63)66-57-58(56-65-59(62)53-50-47-44-41-38-24-21-18-15-12-9-6-3)67-61(64)55-52-49-46-43-40-37-35-32-30-28-26-23-20-17-14-11-8-5-2/h7,10-11,14,16-17,19-20,23,25-28,30,32,35,58H,4-6,8-9,12-13,15,18,21-22,24,29,31,33-34,36-57H2,1-3H3/b10-7-,14-11-,19-16-,20-17-,26-23-,27-25-,30-28-,35-32-. The predicted octanol–water partition coefficient (Wildman–Crippen LogP) is 18.5. The summed E-state index contributed by atoms with van der Waals surface area (Å²) in [7, 11) is 0. The number of carbonyl (C=O) groups is 3. The molecule has 1 unspecified atom stereocenters. The first-order valence-corrected chi connectivity index (χ1v) is 27.8. The minimum absolute atomic E-state index is 0.0887. The minimum atomic E-state index is -0.793. The van der Waals surface area contributed by atoms with Gasteiger partial charge in [-0.2, -0.15) is 0 Å². The van der Waals surface area contributed by atoms with E-state index in [2.05, 4.69) is 93.7 Å². The lowest BCUT2D eigenvalue weighted by Gasteiger charge is -2.18. The molecule has 0 heterocycles. The molecule has 0 amide bonds. The second kappa shape index (κ2) is 54.9. The van der Waals surface area contributed by atoms with E-state index in [1.54, 1.807) is 0 Å². The molecule has 0 saturated heterocycles. The zero-order valence-corrected chi connectivity index (χ0v) is 43.6. The molecule has 67 heavy (non-hydrogen) atoms. The summed E-state index contributed by atoms with van der Waals surface area (Å²) in [6, 6.07) is 0. The van der Waals surface area contributed by atoms with Crippen LogP contribution in [0.25, 0.3) is 0 Å². The number of carbonyl (C=O) groups excluding carboxylic acids is 3. The molecule has 1 atom stereocenters. The van der Waals surface area contributed by atoms with Crippen molar-refractivity contribution in [1.82, 2.24) is 0 Å². The Morgan fingerprint density at radius 2 is 0.672 bits per heavy atom. The van der Waals surface area contributed by atoms with Crippen LogP contribution in [-0.4, -0.2) is 37.2 Å². The van der Waals surface area contributed by atoms with Crippen LogP contribution in [0.1, 0.15) is 252 Å². The highest BCUT2D eigenvalue weighted by Gasteiger charge is 2.19. The van der Waals surface area contributed by atoms with Crippen LogP contribution in [0.15, 0.2) is 97.2 Å². The summed E-state index contributed by atoms with van der Waals surface area (Å²) in [5.74, 6) is -0.917. The molecule has 0 radical (unpaired) electrons. The van der Waals surface area contributed by atoms with Crippen molar-refractivity contribution in [3.63, 3.8) is 0 Å². The fourth-order valence-electron chi connectivity index (χ4n) is 7.55. The minimum Gasteiger partial charge on any atom is -0.462 e. The molecule has 0 aliphatic rings. The monoisotopic (exact) mass is 931 g/mol. The topological polar surface area (TPSA) is 78.9 Å². The van der Waals surface area contributed by atoms with Crippen LogP contribution in [0.2, 0.25) is 0 Å². The van der Waals surface area contributed by atoms with Crippen LogP contribution in [0.3, 0.4) is 0 Å². The van der Waals surface area contributed by atoms with Crippen molar-refractivity contribution in [2.75, 3.05) is 13.2 Å². The molecule has 0 aliphatic carbocycles. The molecule has 6 nitrogen and oxygen atoms in total. The summed E-state index contributed by atoms with van der Waals surface area (Å²) in [5.41, 5.74) is 0. The van der Waals surface area contributed by atoms with E-state index in [-0.39, 0.29) is 31.1 Å². The number of esters is 3. The molecule has 0 N–H and O–H groups in total. The van der Waals surface area contributed by atoms with Crippen molar-refractivity contribution < 1.29 is 28.6 Å². The molecule has 6 heteroatoms. The van der Waals surface area contributed by atoms with Gasteiger partial charge in [0.05, 0.1) is 0 Å². The van der Waals surface area contributed by atoms with Gasteiger partial charge < -0.3 is 14.2 Å². The molecule has 382 valence electrons. The fraction of sp³-hybridized carbons (Fsp3) is 0.689. The van der Waals surface area contributed by atoms with Gasteiger partial charge in [0.1, 0.15) is 13.2 Å². The third-order valence-electron chi connectivity index (χ3n) is 11.7. The highest BCUT2D eigenvalue weighted by Crippen LogP contribution is 2.15. The largest absolute Gasteiger partial charge is 0.462 e. The number of unbranched alkanes of at least 4 members (excludes halogenated alkanes) is 26. The second-order valence-corrected chi connectivity index (χ2v) is 18.2. The summed E-state index contributed by atoms with van der Waals surface area (Å²) in [6.45, 7) is 6.42. The number of ether oxygens (including phenoxy) is 3. The molecule has 0 aromatic rings. The van der Waals surface area contributed by atoms with Crippen LogP contribution in [0.5, 0.6) is 0 Å². The molecule has 0 rings (SSSR count). The second-order valence-electron chi connectivity index (χ2n) is 18.2. The fourth-order valence-corrected chi connectivity index (χ4v) is 7.55. The van der Waals surface area contributed by atoms with Crippen molar-refractivity contribution in [2.24, 2.45) is 0 Å². The third kappa shape index (κ3) is 53.2. The molecule has 0 spiro atoms. The maximum Gasteiger partial charge on any atom is 0.306 e. The van der Waals surface area contributed by atoms with Crippen LogP contribution in [0.4, 0.5) is 0 Å². The Balaban J connectivity index is 4.43. The maximum atomic E-state index is 12.8. The van der Waals surface area contributed by atoms with E-state index in [1.807, 2.05) is 24.3 Å². The van der Waals surface area contributed by atoms with E-state index in [9.17, 15) is 14.4 Å². The van der Waals surface area contributed by atoms with E-state index in [1.165, 1.54) is 109 Å². The summed E-state index contributed by atoms with van der Waals surface area (Å²) < 4.78 is 16.8. The van der Waals surface area contributed by atoms with Gasteiger partial charge in [-0.05, 0) is 70.6 Å². The zero-order valence-electron chi connectivity index (χ0n) is 43.6. The van der Waals surface area contributed by atoms with Crippen molar-refractivity contribution in [2.45, 2.75) is 258 Å². The SMILES string of the molecule is CC/C=C\C/C=C\C/C=C\CCCCCCCCCCCC(=O)OCC(COC(=O)CCCCCCCCCCCCCC)OC(=O)CCCCCCC\C=C/C=C\C=C/C=C\C=C/CCC. The van der Waals surface area contributed by atoms with Gasteiger partial charge in [-0.25, -0.2) is 0 Å². The van der Waals surface area contributed by atoms with Gasteiger partial charge in [0, 0.05) is 19.3 Å². The molecule has 0 aromatic heterocycles. The Labute approximate surface area is 413 Å². The molecule has 0 fully saturated rings. The molecular formula is C61H102O6. The lowest BCUT2D eigenvalue weighted by Crippen LogP contribution is -2.30. The molecule has 0 aliphatic heterocycles. The highest BCUT2D eigenvalue weighted by molar-refractivity contribution is 5.71. The van der Waals surface area contributed by atoms with E-state index < -0.39 is 6.10 Å². The molecule has 0 aromatic carbocycles. The van der Waals surface area contributed by atoms with Crippen LogP contribution >= 0.6 is 0 Å². The lowest BCUT2D eigenvalue weighted by atomic mass is 10.0. The third-order valence-corrected chi connectivity index (χ3v) is 11.7. The normalized spacial score (nSPS) is 12.8. The molecule has 0 saturated carbocycles. The quantitative estimate of drug-likeness (QED) is 0.0199. The summed E-state index contributed by atoms with van der Waals surface area (Å²) in [6.07, 6.45) is 72.4.